The summed E-state index contributed by atoms with van der Waals surface area (Å²) >= 11 is 0. The molecule has 0 fully saturated rings. The molecule has 0 heterocycles. The summed E-state index contributed by atoms with van der Waals surface area (Å²) in [6.45, 7) is 0. The topological polar surface area (TPSA) is 9.23 Å². The highest BCUT2D eigenvalue weighted by molar-refractivity contribution is 4.63. The molecular formula is C4H2F8O. The van der Waals surface area contributed by atoms with Crippen molar-refractivity contribution in [2.24, 2.45) is 0 Å². The molecule has 80 valence electrons. The van der Waals surface area contributed by atoms with Gasteiger partial charge in [-0.2, -0.15) is 17.6 Å². The first-order valence-corrected chi connectivity index (χ1v) is 2.61. The minimum absolute atomic E-state index is 1.98. The van der Waals surface area contributed by atoms with E-state index in [4.69, 9.17) is 0 Å². The third kappa shape index (κ3) is 3.33. The second kappa shape index (κ2) is 3.64. The molecule has 0 rings (SSSR count). The van der Waals surface area contributed by atoms with E-state index in [9.17, 15) is 35.1 Å². The van der Waals surface area contributed by atoms with E-state index in [0.29, 0.717) is 0 Å². The zero-order valence-electron chi connectivity index (χ0n) is 5.59. The van der Waals surface area contributed by atoms with Gasteiger partial charge in [0.25, 0.3) is 0 Å². The van der Waals surface area contributed by atoms with Crippen LogP contribution in [0.4, 0.5) is 35.1 Å². The van der Waals surface area contributed by atoms with Crippen molar-refractivity contribution in [1.29, 1.82) is 0 Å². The Balaban J connectivity index is 4.42. The molecule has 0 aromatic heterocycles. The van der Waals surface area contributed by atoms with Crippen LogP contribution in [-0.2, 0) is 4.74 Å². The van der Waals surface area contributed by atoms with Gasteiger partial charge in [0.2, 0.25) is 0 Å². The van der Waals surface area contributed by atoms with E-state index in [-0.39, 0.29) is 0 Å². The van der Waals surface area contributed by atoms with Crippen LogP contribution in [0, 0.1) is 0 Å². The number of ether oxygens (including phenoxy) is 1. The maximum absolute atomic E-state index is 11.6. The second-order valence-electron chi connectivity index (χ2n) is 1.83. The van der Waals surface area contributed by atoms with E-state index >= 15 is 0 Å². The third-order valence-corrected chi connectivity index (χ3v) is 0.780. The monoisotopic (exact) mass is 218 g/mol. The molecule has 0 aromatic rings. The standard InChI is InChI=1S/C4H2F8O/c5-1(6)3(9,10)13-4(11,12)2(7)8/h1-2H. The van der Waals surface area contributed by atoms with Crippen molar-refractivity contribution in [3.63, 3.8) is 0 Å². The highest BCUT2D eigenvalue weighted by Gasteiger charge is 2.55. The number of halogens is 8. The zero-order chi connectivity index (χ0) is 10.9. The average molecular weight is 218 g/mol. The van der Waals surface area contributed by atoms with Crippen molar-refractivity contribution in [1.82, 2.24) is 0 Å². The normalized spacial score (nSPS) is 14.3. The lowest BCUT2D eigenvalue weighted by molar-refractivity contribution is -0.428. The Bertz CT molecular complexity index is 148. The van der Waals surface area contributed by atoms with E-state index in [1.165, 1.54) is 0 Å². The molecule has 0 aliphatic carbocycles. The maximum Gasteiger partial charge on any atom is 0.421 e. The summed E-state index contributed by atoms with van der Waals surface area (Å²) in [6, 6.07) is 0. The van der Waals surface area contributed by atoms with Crippen LogP contribution in [0.2, 0.25) is 0 Å². The highest BCUT2D eigenvalue weighted by atomic mass is 19.3. The lowest BCUT2D eigenvalue weighted by Gasteiger charge is -2.21. The van der Waals surface area contributed by atoms with Gasteiger partial charge in [-0.15, -0.1) is 0 Å². The lowest BCUT2D eigenvalue weighted by atomic mass is 10.6. The fraction of sp³-hybridized carbons (Fsp3) is 1.00. The molecule has 13 heavy (non-hydrogen) atoms. The predicted molar refractivity (Wildman–Crippen MR) is 23.0 cm³/mol. The van der Waals surface area contributed by atoms with E-state index in [1.807, 2.05) is 4.74 Å². The van der Waals surface area contributed by atoms with Crippen LogP contribution in [0.3, 0.4) is 0 Å². The fourth-order valence-corrected chi connectivity index (χ4v) is 0.271. The minimum Gasteiger partial charge on any atom is -0.246 e. The summed E-state index contributed by atoms with van der Waals surface area (Å²) in [5.74, 6) is 0. The van der Waals surface area contributed by atoms with Crippen LogP contribution in [0.5, 0.6) is 0 Å². The SMILES string of the molecule is FC(F)C(F)(F)OC(F)(F)C(F)F. The molecule has 0 aromatic carbocycles. The van der Waals surface area contributed by atoms with Gasteiger partial charge in [0.15, 0.2) is 0 Å². The van der Waals surface area contributed by atoms with Crippen molar-refractivity contribution >= 4 is 0 Å². The highest BCUT2D eigenvalue weighted by Crippen LogP contribution is 2.35. The molecule has 0 saturated carbocycles. The van der Waals surface area contributed by atoms with Crippen molar-refractivity contribution < 1.29 is 39.9 Å². The first-order chi connectivity index (χ1) is 5.59. The summed E-state index contributed by atoms with van der Waals surface area (Å²) in [4.78, 5) is 0. The van der Waals surface area contributed by atoms with Gasteiger partial charge >= 0.3 is 25.1 Å². The van der Waals surface area contributed by atoms with Crippen LogP contribution < -0.4 is 0 Å². The smallest absolute Gasteiger partial charge is 0.246 e. The van der Waals surface area contributed by atoms with Gasteiger partial charge in [0.05, 0.1) is 0 Å². The van der Waals surface area contributed by atoms with Gasteiger partial charge in [0, 0.05) is 0 Å². The Labute approximate surface area is 66.3 Å². The summed E-state index contributed by atoms with van der Waals surface area (Å²) in [6.07, 6.45) is -20.4. The predicted octanol–water partition coefficient (Wildman–Crippen LogP) is 2.72. The molecule has 0 N–H and O–H groups in total. The van der Waals surface area contributed by atoms with Crippen molar-refractivity contribution in [3.8, 4) is 0 Å². The molecule has 0 amide bonds. The Kier molecular flexibility index (Phi) is 3.47. The lowest BCUT2D eigenvalue weighted by Crippen LogP contribution is -2.42. The van der Waals surface area contributed by atoms with Crippen LogP contribution >= 0.6 is 0 Å². The van der Waals surface area contributed by atoms with Gasteiger partial charge in [-0.05, 0) is 0 Å². The van der Waals surface area contributed by atoms with Crippen LogP contribution in [0.1, 0.15) is 0 Å². The van der Waals surface area contributed by atoms with E-state index < -0.39 is 25.1 Å². The van der Waals surface area contributed by atoms with Crippen LogP contribution in [0.15, 0.2) is 0 Å². The van der Waals surface area contributed by atoms with Gasteiger partial charge in [-0.25, -0.2) is 22.3 Å². The minimum atomic E-state index is -5.60. The summed E-state index contributed by atoms with van der Waals surface area (Å²) in [7, 11) is 0. The van der Waals surface area contributed by atoms with Gasteiger partial charge in [-0.3, -0.25) is 0 Å². The molecule has 0 atom stereocenters. The van der Waals surface area contributed by atoms with Crippen molar-refractivity contribution in [2.75, 3.05) is 0 Å². The molecule has 1 nitrogen and oxygen atoms in total. The molecular weight excluding hydrogens is 216 g/mol. The van der Waals surface area contributed by atoms with E-state index in [2.05, 4.69) is 0 Å². The molecule has 9 heteroatoms. The Morgan fingerprint density at radius 2 is 0.923 bits per heavy atom. The molecule has 0 saturated heterocycles. The largest absolute Gasteiger partial charge is 0.421 e. The first kappa shape index (κ1) is 12.4. The third-order valence-electron chi connectivity index (χ3n) is 0.780. The van der Waals surface area contributed by atoms with Gasteiger partial charge < -0.3 is 0 Å². The quantitative estimate of drug-likeness (QED) is 0.659. The summed E-state index contributed by atoms with van der Waals surface area (Å²) in [5, 5.41) is 0. The van der Waals surface area contributed by atoms with E-state index in [0.717, 1.165) is 0 Å². The Morgan fingerprint density at radius 3 is 1.08 bits per heavy atom. The zero-order valence-corrected chi connectivity index (χ0v) is 5.59. The number of hydrogen-bond donors (Lipinski definition) is 0. The Hall–Kier alpha value is -0.600. The molecule has 0 aliphatic rings. The van der Waals surface area contributed by atoms with Crippen molar-refractivity contribution in [3.05, 3.63) is 0 Å². The van der Waals surface area contributed by atoms with Gasteiger partial charge in [0.1, 0.15) is 0 Å². The second-order valence-corrected chi connectivity index (χ2v) is 1.83. The van der Waals surface area contributed by atoms with Gasteiger partial charge in [-0.1, -0.05) is 0 Å². The maximum atomic E-state index is 11.6. The average Bonchev–Trinajstić information content (AvgIpc) is 1.83. The fourth-order valence-electron chi connectivity index (χ4n) is 0.271. The number of alkyl halides is 8. The summed E-state index contributed by atoms with van der Waals surface area (Å²) in [5.41, 5.74) is 0. The molecule has 0 spiro atoms. The number of hydrogen-bond acceptors (Lipinski definition) is 1. The molecule has 0 aliphatic heterocycles. The Morgan fingerprint density at radius 1 is 0.692 bits per heavy atom. The number of rotatable bonds is 4. The molecule has 0 radical (unpaired) electrons. The molecule has 0 bridgehead atoms. The van der Waals surface area contributed by atoms with E-state index in [1.54, 1.807) is 0 Å². The summed E-state index contributed by atoms with van der Waals surface area (Å²) < 4.78 is 93.1. The van der Waals surface area contributed by atoms with Crippen LogP contribution in [0.25, 0.3) is 0 Å². The van der Waals surface area contributed by atoms with Crippen molar-refractivity contribution in [2.45, 2.75) is 25.1 Å². The first-order valence-electron chi connectivity index (χ1n) is 2.61. The van der Waals surface area contributed by atoms with Crippen LogP contribution in [-0.4, -0.2) is 25.1 Å². The molecule has 0 unspecified atom stereocenters.